The van der Waals surface area contributed by atoms with E-state index in [0.717, 1.165) is 5.56 Å². The zero-order valence-corrected chi connectivity index (χ0v) is 10.3. The number of aryl methyl sites for hydroxylation is 1. The Kier molecular flexibility index (Phi) is 4.93. The van der Waals surface area contributed by atoms with Crippen LogP contribution in [0.4, 0.5) is 0 Å². The van der Waals surface area contributed by atoms with E-state index in [2.05, 4.69) is 6.92 Å². The summed E-state index contributed by atoms with van der Waals surface area (Å²) in [4.78, 5) is 0. The average molecular weight is 223 g/mol. The van der Waals surface area contributed by atoms with Gasteiger partial charge in [0.2, 0.25) is 5.79 Å². The maximum atomic E-state index is 5.80. The molecular formula is C13H21NO2. The number of hydrogen-bond acceptors (Lipinski definition) is 3. The molecule has 0 amide bonds. The van der Waals surface area contributed by atoms with Gasteiger partial charge in [-0.25, -0.2) is 0 Å². The molecule has 1 rings (SSSR count). The average Bonchev–Trinajstić information content (AvgIpc) is 2.29. The van der Waals surface area contributed by atoms with Gasteiger partial charge in [0.05, 0.1) is 6.54 Å². The fourth-order valence-electron chi connectivity index (χ4n) is 1.72. The monoisotopic (exact) mass is 223 g/mol. The van der Waals surface area contributed by atoms with Gasteiger partial charge in [-0.05, 0) is 20.8 Å². The van der Waals surface area contributed by atoms with E-state index in [9.17, 15) is 0 Å². The van der Waals surface area contributed by atoms with Crippen LogP contribution in [-0.4, -0.2) is 19.8 Å². The number of hydrogen-bond donors (Lipinski definition) is 1. The molecule has 0 aliphatic rings. The van der Waals surface area contributed by atoms with Crippen molar-refractivity contribution in [3.63, 3.8) is 0 Å². The van der Waals surface area contributed by atoms with Gasteiger partial charge in [-0.3, -0.25) is 0 Å². The minimum absolute atomic E-state index is 0.317. The second-order valence-corrected chi connectivity index (χ2v) is 3.69. The highest BCUT2D eigenvalue weighted by molar-refractivity contribution is 5.25. The van der Waals surface area contributed by atoms with Crippen LogP contribution in [0.2, 0.25) is 0 Å². The van der Waals surface area contributed by atoms with E-state index in [-0.39, 0.29) is 0 Å². The summed E-state index contributed by atoms with van der Waals surface area (Å²) in [5.41, 5.74) is 7.99. The van der Waals surface area contributed by atoms with Crippen molar-refractivity contribution >= 4 is 0 Å². The van der Waals surface area contributed by atoms with E-state index in [0.29, 0.717) is 19.8 Å². The molecule has 0 saturated carbocycles. The first kappa shape index (κ1) is 13.2. The number of benzene rings is 1. The van der Waals surface area contributed by atoms with Gasteiger partial charge in [0, 0.05) is 18.8 Å². The zero-order valence-electron chi connectivity index (χ0n) is 10.3. The molecule has 0 bridgehead atoms. The van der Waals surface area contributed by atoms with Crippen LogP contribution in [0.1, 0.15) is 25.0 Å². The Morgan fingerprint density at radius 2 is 1.56 bits per heavy atom. The molecule has 0 aromatic heterocycles. The van der Waals surface area contributed by atoms with E-state index >= 15 is 0 Å². The molecule has 0 unspecified atom stereocenters. The lowest BCUT2D eigenvalue weighted by molar-refractivity contribution is -0.235. The standard InChI is InChI=1S/C13H21NO2/c1-4-15-13(10-14,16-5-2)12-8-6-11(3)7-9-12/h6-9H,4-5,10,14H2,1-3H3. The van der Waals surface area contributed by atoms with Crippen LogP contribution in [0.15, 0.2) is 24.3 Å². The lowest BCUT2D eigenvalue weighted by atomic mass is 10.0. The summed E-state index contributed by atoms with van der Waals surface area (Å²) in [6.45, 7) is 7.40. The third-order valence-electron chi connectivity index (χ3n) is 2.52. The topological polar surface area (TPSA) is 44.5 Å². The first-order valence-electron chi connectivity index (χ1n) is 5.73. The molecule has 0 atom stereocenters. The van der Waals surface area contributed by atoms with E-state index in [1.54, 1.807) is 0 Å². The normalized spacial score (nSPS) is 11.8. The van der Waals surface area contributed by atoms with Crippen molar-refractivity contribution in [2.24, 2.45) is 5.73 Å². The third-order valence-corrected chi connectivity index (χ3v) is 2.52. The highest BCUT2D eigenvalue weighted by Crippen LogP contribution is 2.26. The molecule has 0 fully saturated rings. The largest absolute Gasteiger partial charge is 0.345 e. The third kappa shape index (κ3) is 2.82. The van der Waals surface area contributed by atoms with Crippen molar-refractivity contribution < 1.29 is 9.47 Å². The second-order valence-electron chi connectivity index (χ2n) is 3.69. The SMILES string of the molecule is CCOC(CN)(OCC)c1ccc(C)cc1. The molecule has 1 aromatic carbocycles. The highest BCUT2D eigenvalue weighted by atomic mass is 16.7. The quantitative estimate of drug-likeness (QED) is 0.752. The lowest BCUT2D eigenvalue weighted by Crippen LogP contribution is -2.41. The molecule has 90 valence electrons. The van der Waals surface area contributed by atoms with E-state index in [4.69, 9.17) is 15.2 Å². The van der Waals surface area contributed by atoms with Crippen LogP contribution in [0.25, 0.3) is 0 Å². The summed E-state index contributed by atoms with van der Waals surface area (Å²) in [5.74, 6) is -0.794. The van der Waals surface area contributed by atoms with Gasteiger partial charge in [-0.1, -0.05) is 29.8 Å². The molecule has 0 heterocycles. The smallest absolute Gasteiger partial charge is 0.207 e. The summed E-state index contributed by atoms with van der Waals surface area (Å²) in [6.07, 6.45) is 0. The van der Waals surface area contributed by atoms with Crippen LogP contribution in [0.5, 0.6) is 0 Å². The van der Waals surface area contributed by atoms with E-state index in [1.807, 2.05) is 38.1 Å². The van der Waals surface area contributed by atoms with Gasteiger partial charge >= 0.3 is 0 Å². The minimum atomic E-state index is -0.794. The van der Waals surface area contributed by atoms with Crippen LogP contribution in [0.3, 0.4) is 0 Å². The Balaban J connectivity index is 3.02. The van der Waals surface area contributed by atoms with Crippen LogP contribution < -0.4 is 5.73 Å². The maximum absolute atomic E-state index is 5.80. The van der Waals surface area contributed by atoms with Crippen molar-refractivity contribution in [2.45, 2.75) is 26.6 Å². The van der Waals surface area contributed by atoms with E-state index in [1.165, 1.54) is 5.56 Å². The molecular weight excluding hydrogens is 202 g/mol. The lowest BCUT2D eigenvalue weighted by Gasteiger charge is -2.32. The molecule has 0 spiro atoms. The first-order valence-corrected chi connectivity index (χ1v) is 5.73. The Morgan fingerprint density at radius 3 is 1.94 bits per heavy atom. The molecule has 0 radical (unpaired) electrons. The Hall–Kier alpha value is -0.900. The summed E-state index contributed by atoms with van der Waals surface area (Å²) in [6, 6.07) is 8.09. The molecule has 0 aliphatic heterocycles. The maximum Gasteiger partial charge on any atom is 0.207 e. The van der Waals surface area contributed by atoms with Crippen molar-refractivity contribution in [3.8, 4) is 0 Å². The van der Waals surface area contributed by atoms with Crippen molar-refractivity contribution in [3.05, 3.63) is 35.4 Å². The van der Waals surface area contributed by atoms with Gasteiger partial charge in [-0.2, -0.15) is 0 Å². The van der Waals surface area contributed by atoms with Crippen molar-refractivity contribution in [1.82, 2.24) is 0 Å². The van der Waals surface area contributed by atoms with E-state index < -0.39 is 5.79 Å². The van der Waals surface area contributed by atoms with Crippen molar-refractivity contribution in [2.75, 3.05) is 19.8 Å². The fraction of sp³-hybridized carbons (Fsp3) is 0.538. The minimum Gasteiger partial charge on any atom is -0.345 e. The van der Waals surface area contributed by atoms with Gasteiger partial charge in [0.25, 0.3) is 0 Å². The molecule has 2 N–H and O–H groups in total. The summed E-state index contributed by atoms with van der Waals surface area (Å²) >= 11 is 0. The summed E-state index contributed by atoms with van der Waals surface area (Å²) in [5, 5.41) is 0. The highest BCUT2D eigenvalue weighted by Gasteiger charge is 2.31. The Morgan fingerprint density at radius 1 is 1.06 bits per heavy atom. The summed E-state index contributed by atoms with van der Waals surface area (Å²) in [7, 11) is 0. The van der Waals surface area contributed by atoms with Gasteiger partial charge < -0.3 is 15.2 Å². The molecule has 16 heavy (non-hydrogen) atoms. The van der Waals surface area contributed by atoms with Crippen LogP contribution >= 0.6 is 0 Å². The molecule has 0 aliphatic carbocycles. The Labute approximate surface area is 97.6 Å². The molecule has 0 saturated heterocycles. The summed E-state index contributed by atoms with van der Waals surface area (Å²) < 4.78 is 11.4. The van der Waals surface area contributed by atoms with Crippen molar-refractivity contribution in [1.29, 1.82) is 0 Å². The fourth-order valence-corrected chi connectivity index (χ4v) is 1.72. The molecule has 3 heteroatoms. The predicted molar refractivity (Wildman–Crippen MR) is 65.2 cm³/mol. The zero-order chi connectivity index (χ0) is 12.0. The second kappa shape index (κ2) is 5.99. The molecule has 1 aromatic rings. The number of ether oxygens (including phenoxy) is 2. The Bertz CT molecular complexity index is 302. The predicted octanol–water partition coefficient (Wildman–Crippen LogP) is 2.18. The number of nitrogens with two attached hydrogens (primary N) is 1. The van der Waals surface area contributed by atoms with Gasteiger partial charge in [0.1, 0.15) is 0 Å². The van der Waals surface area contributed by atoms with Crippen LogP contribution in [-0.2, 0) is 15.3 Å². The first-order chi connectivity index (χ1) is 7.68. The molecule has 3 nitrogen and oxygen atoms in total. The van der Waals surface area contributed by atoms with Crippen LogP contribution in [0, 0.1) is 6.92 Å². The van der Waals surface area contributed by atoms with Gasteiger partial charge in [0.15, 0.2) is 0 Å². The van der Waals surface area contributed by atoms with Gasteiger partial charge in [-0.15, -0.1) is 0 Å². The number of rotatable bonds is 6.